The van der Waals surface area contributed by atoms with E-state index in [1.807, 2.05) is 24.3 Å². The molecule has 0 heterocycles. The lowest BCUT2D eigenvalue weighted by Gasteiger charge is -2.07. The van der Waals surface area contributed by atoms with Crippen molar-refractivity contribution < 1.29 is 9.18 Å². The Morgan fingerprint density at radius 3 is 2.65 bits per heavy atom. The lowest BCUT2D eigenvalue weighted by atomic mass is 10.1. The number of alkyl halides is 1. The van der Waals surface area contributed by atoms with Crippen LogP contribution in [0.5, 0.6) is 0 Å². The van der Waals surface area contributed by atoms with Crippen LogP contribution in [0.25, 0.3) is 0 Å². The second-order valence-electron chi connectivity index (χ2n) is 4.65. The first-order valence-corrected chi connectivity index (χ1v) is 6.81. The predicted octanol–water partition coefficient (Wildman–Crippen LogP) is 3.80. The Morgan fingerprint density at radius 2 is 1.95 bits per heavy atom. The van der Waals surface area contributed by atoms with Crippen LogP contribution in [0.2, 0.25) is 0 Å². The van der Waals surface area contributed by atoms with Gasteiger partial charge in [-0.2, -0.15) is 0 Å². The molecule has 2 aromatic rings. The lowest BCUT2D eigenvalue weighted by Crippen LogP contribution is -2.23. The molecule has 104 valence electrons. The zero-order valence-corrected chi connectivity index (χ0v) is 11.9. The van der Waals surface area contributed by atoms with E-state index in [1.54, 1.807) is 13.0 Å². The normalized spacial score (nSPS) is 10.3. The summed E-state index contributed by atoms with van der Waals surface area (Å²) in [6.45, 7) is 2.14. The molecule has 0 spiro atoms. The fourth-order valence-electron chi connectivity index (χ4n) is 1.97. The van der Waals surface area contributed by atoms with Gasteiger partial charge in [-0.25, -0.2) is 4.39 Å². The van der Waals surface area contributed by atoms with E-state index in [1.165, 1.54) is 12.1 Å². The van der Waals surface area contributed by atoms with Gasteiger partial charge in [-0.05, 0) is 41.8 Å². The first kappa shape index (κ1) is 14.5. The van der Waals surface area contributed by atoms with Gasteiger partial charge in [0.2, 0.25) is 0 Å². The third-order valence-electron chi connectivity index (χ3n) is 2.90. The van der Waals surface area contributed by atoms with E-state index < -0.39 is 5.82 Å². The van der Waals surface area contributed by atoms with Crippen molar-refractivity contribution in [3.63, 3.8) is 0 Å². The molecule has 2 aromatic carbocycles. The van der Waals surface area contributed by atoms with Gasteiger partial charge in [-0.1, -0.05) is 24.3 Å². The third-order valence-corrected chi connectivity index (χ3v) is 3.21. The van der Waals surface area contributed by atoms with Crippen LogP contribution in [-0.4, -0.2) is 5.91 Å². The quantitative estimate of drug-likeness (QED) is 0.853. The minimum Gasteiger partial charge on any atom is -0.348 e. The fraction of sp³-hybridized carbons (Fsp3) is 0.188. The molecule has 0 fully saturated rings. The summed E-state index contributed by atoms with van der Waals surface area (Å²) >= 11 is 5.76. The van der Waals surface area contributed by atoms with Gasteiger partial charge in [0.25, 0.3) is 5.91 Å². The van der Waals surface area contributed by atoms with E-state index in [0.717, 1.165) is 16.7 Å². The number of hydrogen-bond donors (Lipinski definition) is 1. The topological polar surface area (TPSA) is 29.1 Å². The highest BCUT2D eigenvalue weighted by atomic mass is 35.5. The number of carbonyl (C=O) groups is 1. The highest BCUT2D eigenvalue weighted by molar-refractivity contribution is 6.17. The van der Waals surface area contributed by atoms with Crippen molar-refractivity contribution >= 4 is 17.5 Å². The van der Waals surface area contributed by atoms with E-state index in [4.69, 9.17) is 11.6 Å². The Kier molecular flexibility index (Phi) is 4.74. The average molecular weight is 292 g/mol. The van der Waals surface area contributed by atoms with Crippen LogP contribution in [0, 0.1) is 12.7 Å². The molecular formula is C16H15ClFNO. The standard InChI is InChI=1S/C16H15ClFNO/c1-11-5-14(8-15(18)6-11)16(20)19-10-13-4-2-3-12(7-13)9-17/h2-8H,9-10H2,1H3,(H,19,20). The summed E-state index contributed by atoms with van der Waals surface area (Å²) in [7, 11) is 0. The summed E-state index contributed by atoms with van der Waals surface area (Å²) in [6, 6.07) is 11.9. The molecule has 0 unspecified atom stereocenters. The minimum absolute atomic E-state index is 0.288. The fourth-order valence-corrected chi connectivity index (χ4v) is 2.14. The zero-order chi connectivity index (χ0) is 14.5. The minimum atomic E-state index is -0.403. The van der Waals surface area contributed by atoms with Gasteiger partial charge >= 0.3 is 0 Å². The molecule has 2 nitrogen and oxygen atoms in total. The monoisotopic (exact) mass is 291 g/mol. The van der Waals surface area contributed by atoms with Crippen molar-refractivity contribution in [1.29, 1.82) is 0 Å². The second kappa shape index (κ2) is 6.53. The van der Waals surface area contributed by atoms with E-state index in [0.29, 0.717) is 18.0 Å². The van der Waals surface area contributed by atoms with E-state index in [2.05, 4.69) is 5.32 Å². The average Bonchev–Trinajstić information content (AvgIpc) is 2.44. The van der Waals surface area contributed by atoms with E-state index in [-0.39, 0.29) is 5.91 Å². The number of halogens is 2. The van der Waals surface area contributed by atoms with Gasteiger partial charge in [0.15, 0.2) is 0 Å². The molecule has 20 heavy (non-hydrogen) atoms. The van der Waals surface area contributed by atoms with Crippen molar-refractivity contribution in [2.24, 2.45) is 0 Å². The van der Waals surface area contributed by atoms with Crippen LogP contribution < -0.4 is 5.32 Å². The molecule has 0 radical (unpaired) electrons. The van der Waals surface area contributed by atoms with Crippen molar-refractivity contribution in [3.8, 4) is 0 Å². The maximum atomic E-state index is 13.3. The molecule has 0 aromatic heterocycles. The molecular weight excluding hydrogens is 277 g/mol. The van der Waals surface area contributed by atoms with E-state index in [9.17, 15) is 9.18 Å². The summed E-state index contributed by atoms with van der Waals surface area (Å²) in [6.07, 6.45) is 0. The Hall–Kier alpha value is -1.87. The molecule has 0 atom stereocenters. The van der Waals surface area contributed by atoms with Gasteiger partial charge < -0.3 is 5.32 Å². The van der Waals surface area contributed by atoms with Gasteiger partial charge in [0.1, 0.15) is 5.82 Å². The maximum Gasteiger partial charge on any atom is 0.251 e. The third kappa shape index (κ3) is 3.81. The van der Waals surface area contributed by atoms with Crippen molar-refractivity contribution in [2.45, 2.75) is 19.3 Å². The summed E-state index contributed by atoms with van der Waals surface area (Å²) in [5, 5.41) is 2.77. The number of carbonyl (C=O) groups excluding carboxylic acids is 1. The van der Waals surface area contributed by atoms with Crippen LogP contribution in [0.4, 0.5) is 4.39 Å². The highest BCUT2D eigenvalue weighted by Crippen LogP contribution is 2.10. The van der Waals surface area contributed by atoms with Gasteiger partial charge in [0, 0.05) is 18.0 Å². The summed E-state index contributed by atoms with van der Waals surface area (Å²) < 4.78 is 13.3. The molecule has 1 amide bonds. The molecule has 0 aliphatic rings. The summed E-state index contributed by atoms with van der Waals surface area (Å²) in [5.74, 6) is -0.256. The molecule has 4 heteroatoms. The summed E-state index contributed by atoms with van der Waals surface area (Å²) in [4.78, 5) is 12.0. The Balaban J connectivity index is 2.04. The van der Waals surface area contributed by atoms with Crippen LogP contribution in [0.3, 0.4) is 0 Å². The van der Waals surface area contributed by atoms with Crippen molar-refractivity contribution in [2.75, 3.05) is 0 Å². The van der Waals surface area contributed by atoms with Gasteiger partial charge in [0.05, 0.1) is 0 Å². The first-order chi connectivity index (χ1) is 9.58. The molecule has 1 N–H and O–H groups in total. The van der Waals surface area contributed by atoms with Gasteiger partial charge in [-0.15, -0.1) is 11.6 Å². The second-order valence-corrected chi connectivity index (χ2v) is 4.92. The molecule has 0 aliphatic carbocycles. The number of amides is 1. The Morgan fingerprint density at radius 1 is 1.20 bits per heavy atom. The Bertz CT molecular complexity index is 607. The molecule has 0 saturated heterocycles. The lowest BCUT2D eigenvalue weighted by molar-refractivity contribution is 0.0950. The van der Waals surface area contributed by atoms with Crippen LogP contribution in [0.15, 0.2) is 42.5 Å². The predicted molar refractivity (Wildman–Crippen MR) is 78.3 cm³/mol. The Labute approximate surface area is 122 Å². The molecule has 0 bridgehead atoms. The number of rotatable bonds is 4. The highest BCUT2D eigenvalue weighted by Gasteiger charge is 2.07. The number of nitrogens with one attached hydrogen (secondary N) is 1. The molecule has 0 aliphatic heterocycles. The largest absolute Gasteiger partial charge is 0.348 e. The van der Waals surface area contributed by atoms with Crippen LogP contribution in [0.1, 0.15) is 27.0 Å². The SMILES string of the molecule is Cc1cc(F)cc(C(=O)NCc2cccc(CCl)c2)c1. The molecule has 2 rings (SSSR count). The molecule has 0 saturated carbocycles. The van der Waals surface area contributed by atoms with Crippen molar-refractivity contribution in [3.05, 3.63) is 70.5 Å². The number of benzene rings is 2. The maximum absolute atomic E-state index is 13.3. The van der Waals surface area contributed by atoms with Crippen molar-refractivity contribution in [1.82, 2.24) is 5.32 Å². The first-order valence-electron chi connectivity index (χ1n) is 6.27. The van der Waals surface area contributed by atoms with E-state index >= 15 is 0 Å². The smallest absolute Gasteiger partial charge is 0.251 e. The van der Waals surface area contributed by atoms with Crippen LogP contribution in [-0.2, 0) is 12.4 Å². The zero-order valence-electron chi connectivity index (χ0n) is 11.1. The van der Waals surface area contributed by atoms with Crippen LogP contribution >= 0.6 is 11.6 Å². The number of aryl methyl sites for hydroxylation is 1. The van der Waals surface area contributed by atoms with Gasteiger partial charge in [-0.3, -0.25) is 4.79 Å². The number of hydrogen-bond acceptors (Lipinski definition) is 1. The summed E-state index contributed by atoms with van der Waals surface area (Å²) in [5.41, 5.74) is 3.01.